The highest BCUT2D eigenvalue weighted by atomic mass is 16.4. The van der Waals surface area contributed by atoms with Crippen LogP contribution in [-0.4, -0.2) is 25.4 Å². The van der Waals surface area contributed by atoms with Crippen LogP contribution in [0.4, 0.5) is 0 Å². The lowest BCUT2D eigenvalue weighted by Gasteiger charge is -2.10. The SMILES string of the molecule is CC(C)Cc1nn(C)c(=O)c2cn(Cc3ccccc3)c(C(=O)O)c12. The molecule has 0 atom stereocenters. The van der Waals surface area contributed by atoms with Crippen LogP contribution in [0.5, 0.6) is 0 Å². The van der Waals surface area contributed by atoms with E-state index < -0.39 is 5.97 Å². The van der Waals surface area contributed by atoms with E-state index in [1.807, 2.05) is 44.2 Å². The molecule has 0 unspecified atom stereocenters. The minimum Gasteiger partial charge on any atom is -0.477 e. The van der Waals surface area contributed by atoms with Gasteiger partial charge in [0, 0.05) is 25.2 Å². The summed E-state index contributed by atoms with van der Waals surface area (Å²) in [4.78, 5) is 24.5. The smallest absolute Gasteiger partial charge is 0.353 e. The van der Waals surface area contributed by atoms with E-state index in [1.54, 1.807) is 17.8 Å². The molecule has 25 heavy (non-hydrogen) atoms. The highest BCUT2D eigenvalue weighted by Gasteiger charge is 2.23. The predicted octanol–water partition coefficient (Wildman–Crippen LogP) is 2.68. The van der Waals surface area contributed by atoms with Crippen molar-refractivity contribution >= 4 is 16.7 Å². The third-order valence-electron chi connectivity index (χ3n) is 4.16. The molecule has 0 aliphatic carbocycles. The normalized spacial score (nSPS) is 11.4. The van der Waals surface area contributed by atoms with Crippen LogP contribution in [0.3, 0.4) is 0 Å². The fourth-order valence-corrected chi connectivity index (χ4v) is 3.13. The minimum absolute atomic E-state index is 0.125. The van der Waals surface area contributed by atoms with Crippen LogP contribution in [0.1, 0.15) is 35.6 Å². The molecule has 0 saturated carbocycles. The first-order valence-electron chi connectivity index (χ1n) is 8.24. The highest BCUT2D eigenvalue weighted by molar-refractivity contribution is 6.03. The average Bonchev–Trinajstić information content (AvgIpc) is 2.92. The first-order valence-corrected chi connectivity index (χ1v) is 8.24. The summed E-state index contributed by atoms with van der Waals surface area (Å²) >= 11 is 0. The van der Waals surface area contributed by atoms with Crippen molar-refractivity contribution in [2.24, 2.45) is 13.0 Å². The molecule has 0 spiro atoms. The number of aromatic carboxylic acids is 1. The Hall–Kier alpha value is -2.89. The Morgan fingerprint density at radius 2 is 1.92 bits per heavy atom. The monoisotopic (exact) mass is 339 g/mol. The summed E-state index contributed by atoms with van der Waals surface area (Å²) in [7, 11) is 1.60. The van der Waals surface area contributed by atoms with Crippen LogP contribution in [0.25, 0.3) is 10.8 Å². The van der Waals surface area contributed by atoms with E-state index in [9.17, 15) is 14.7 Å². The molecule has 3 aromatic rings. The van der Waals surface area contributed by atoms with Crippen molar-refractivity contribution in [1.29, 1.82) is 0 Å². The molecule has 0 aliphatic heterocycles. The minimum atomic E-state index is -1.05. The largest absolute Gasteiger partial charge is 0.477 e. The van der Waals surface area contributed by atoms with Crippen molar-refractivity contribution in [2.45, 2.75) is 26.8 Å². The number of rotatable bonds is 5. The topological polar surface area (TPSA) is 77.1 Å². The van der Waals surface area contributed by atoms with E-state index in [1.165, 1.54) is 4.68 Å². The number of benzene rings is 1. The second-order valence-corrected chi connectivity index (χ2v) is 6.66. The van der Waals surface area contributed by atoms with Crippen molar-refractivity contribution in [2.75, 3.05) is 0 Å². The molecule has 1 N–H and O–H groups in total. The Kier molecular flexibility index (Phi) is 4.44. The van der Waals surface area contributed by atoms with Gasteiger partial charge in [-0.25, -0.2) is 9.48 Å². The van der Waals surface area contributed by atoms with Crippen LogP contribution < -0.4 is 5.56 Å². The summed E-state index contributed by atoms with van der Waals surface area (Å²) < 4.78 is 2.92. The zero-order valence-corrected chi connectivity index (χ0v) is 14.6. The van der Waals surface area contributed by atoms with Gasteiger partial charge in [-0.3, -0.25) is 4.79 Å². The van der Waals surface area contributed by atoms with Crippen molar-refractivity contribution in [3.63, 3.8) is 0 Å². The van der Waals surface area contributed by atoms with Crippen molar-refractivity contribution in [3.8, 4) is 0 Å². The van der Waals surface area contributed by atoms with Crippen LogP contribution in [-0.2, 0) is 20.0 Å². The maximum Gasteiger partial charge on any atom is 0.353 e. The Bertz CT molecular complexity index is 985. The number of carboxylic acids is 1. The second-order valence-electron chi connectivity index (χ2n) is 6.66. The summed E-state index contributed by atoms with van der Waals surface area (Å²) in [5.41, 5.74) is 1.47. The molecule has 0 radical (unpaired) electrons. The molecule has 0 amide bonds. The number of hydrogen-bond donors (Lipinski definition) is 1. The van der Waals surface area contributed by atoms with E-state index in [0.717, 1.165) is 5.56 Å². The average molecular weight is 339 g/mol. The van der Waals surface area contributed by atoms with Gasteiger partial charge in [0.15, 0.2) is 0 Å². The lowest BCUT2D eigenvalue weighted by Crippen LogP contribution is -2.21. The lowest BCUT2D eigenvalue weighted by atomic mass is 10.0. The van der Waals surface area contributed by atoms with Gasteiger partial charge in [0.05, 0.1) is 11.1 Å². The van der Waals surface area contributed by atoms with Gasteiger partial charge in [-0.2, -0.15) is 5.10 Å². The Morgan fingerprint density at radius 1 is 1.24 bits per heavy atom. The summed E-state index contributed by atoms with van der Waals surface area (Å²) in [6.45, 7) is 4.47. The molecule has 2 aromatic heterocycles. The summed E-state index contributed by atoms with van der Waals surface area (Å²) in [6, 6.07) is 9.59. The molecule has 1 aromatic carbocycles. The summed E-state index contributed by atoms with van der Waals surface area (Å²) in [5.74, 6) is -0.752. The van der Waals surface area contributed by atoms with Gasteiger partial charge in [-0.15, -0.1) is 0 Å². The molecule has 6 nitrogen and oxygen atoms in total. The molecule has 130 valence electrons. The predicted molar refractivity (Wildman–Crippen MR) is 96.0 cm³/mol. The number of aryl methyl sites for hydroxylation is 1. The van der Waals surface area contributed by atoms with Crippen molar-refractivity contribution in [3.05, 3.63) is 63.8 Å². The quantitative estimate of drug-likeness (QED) is 0.775. The maximum absolute atomic E-state index is 12.5. The van der Waals surface area contributed by atoms with E-state index in [0.29, 0.717) is 35.3 Å². The molecular formula is C19H21N3O3. The molecule has 0 bridgehead atoms. The third-order valence-corrected chi connectivity index (χ3v) is 4.16. The third kappa shape index (κ3) is 3.20. The van der Waals surface area contributed by atoms with Gasteiger partial charge in [-0.05, 0) is 17.9 Å². The first kappa shape index (κ1) is 17.0. The molecule has 2 heterocycles. The Morgan fingerprint density at radius 3 is 2.52 bits per heavy atom. The standard InChI is InChI=1S/C19H21N3O3/c1-12(2)9-15-16-14(18(23)21(3)20-15)11-22(17(16)19(24)25)10-13-7-5-4-6-8-13/h4-8,11-12H,9-10H2,1-3H3,(H,24,25). The van der Waals surface area contributed by atoms with E-state index in [4.69, 9.17) is 0 Å². The molecule has 0 aliphatic rings. The molecule has 0 fully saturated rings. The lowest BCUT2D eigenvalue weighted by molar-refractivity contribution is 0.0688. The fraction of sp³-hybridized carbons (Fsp3) is 0.316. The van der Waals surface area contributed by atoms with Gasteiger partial charge < -0.3 is 9.67 Å². The Labute approximate surface area is 145 Å². The number of carbonyl (C=O) groups is 1. The van der Waals surface area contributed by atoms with Crippen molar-refractivity contribution < 1.29 is 9.90 Å². The van der Waals surface area contributed by atoms with E-state index >= 15 is 0 Å². The summed E-state index contributed by atoms with van der Waals surface area (Å²) in [5, 5.41) is 15.0. The van der Waals surface area contributed by atoms with Crippen LogP contribution in [0.15, 0.2) is 41.3 Å². The molecule has 6 heteroatoms. The van der Waals surface area contributed by atoms with Crippen LogP contribution in [0.2, 0.25) is 0 Å². The number of carboxylic acid groups (broad SMARTS) is 1. The molecule has 0 saturated heterocycles. The zero-order valence-electron chi connectivity index (χ0n) is 14.6. The van der Waals surface area contributed by atoms with Gasteiger partial charge in [0.25, 0.3) is 5.56 Å². The van der Waals surface area contributed by atoms with Gasteiger partial charge in [-0.1, -0.05) is 44.2 Å². The maximum atomic E-state index is 12.5. The number of aromatic nitrogens is 3. The first-order chi connectivity index (χ1) is 11.9. The van der Waals surface area contributed by atoms with Crippen LogP contribution >= 0.6 is 0 Å². The number of fused-ring (bicyclic) bond motifs is 1. The van der Waals surface area contributed by atoms with Gasteiger partial charge in [0.1, 0.15) is 5.69 Å². The number of nitrogens with zero attached hydrogens (tertiary/aromatic N) is 3. The summed E-state index contributed by atoms with van der Waals surface area (Å²) in [6.07, 6.45) is 2.25. The van der Waals surface area contributed by atoms with E-state index in [2.05, 4.69) is 5.10 Å². The highest BCUT2D eigenvalue weighted by Crippen LogP contribution is 2.24. The van der Waals surface area contributed by atoms with Crippen LogP contribution in [0, 0.1) is 5.92 Å². The molecular weight excluding hydrogens is 318 g/mol. The second kappa shape index (κ2) is 6.55. The van der Waals surface area contributed by atoms with Crippen molar-refractivity contribution in [1.82, 2.24) is 14.3 Å². The Balaban J connectivity index is 2.28. The van der Waals surface area contributed by atoms with Gasteiger partial charge >= 0.3 is 5.97 Å². The fourth-order valence-electron chi connectivity index (χ4n) is 3.13. The number of hydrogen-bond acceptors (Lipinski definition) is 3. The van der Waals surface area contributed by atoms with Gasteiger partial charge in [0.2, 0.25) is 0 Å². The van der Waals surface area contributed by atoms with E-state index in [-0.39, 0.29) is 11.3 Å². The zero-order chi connectivity index (χ0) is 18.1. The molecule has 3 rings (SSSR count).